The van der Waals surface area contributed by atoms with Gasteiger partial charge in [0.15, 0.2) is 0 Å². The second kappa shape index (κ2) is 9.64. The number of nitrogens with zero attached hydrogens (tertiary/aromatic N) is 4. The first-order valence-corrected chi connectivity index (χ1v) is 10.6. The molecular formula is C24H27N5O3. The van der Waals surface area contributed by atoms with Crippen molar-refractivity contribution < 1.29 is 14.3 Å². The molecule has 2 aromatic heterocycles. The summed E-state index contributed by atoms with van der Waals surface area (Å²) in [5.74, 6) is 0.162. The number of hydrogen-bond donors (Lipinski definition) is 1. The van der Waals surface area contributed by atoms with E-state index < -0.39 is 5.92 Å². The highest BCUT2D eigenvalue weighted by Crippen LogP contribution is 2.28. The summed E-state index contributed by atoms with van der Waals surface area (Å²) in [6.07, 6.45) is 4.60. The number of amides is 2. The van der Waals surface area contributed by atoms with Crippen LogP contribution in [-0.4, -0.2) is 45.1 Å². The molecule has 0 saturated heterocycles. The van der Waals surface area contributed by atoms with Crippen LogP contribution in [0.5, 0.6) is 5.75 Å². The molecule has 0 fully saturated rings. The molecule has 8 nitrogen and oxygen atoms in total. The van der Waals surface area contributed by atoms with Crippen molar-refractivity contribution in [2.75, 3.05) is 13.7 Å². The number of aryl methyl sites for hydroxylation is 2. The molecule has 8 heteroatoms. The fourth-order valence-corrected chi connectivity index (χ4v) is 3.95. The van der Waals surface area contributed by atoms with Crippen LogP contribution in [0.4, 0.5) is 0 Å². The average Bonchev–Trinajstić information content (AvgIpc) is 3.21. The van der Waals surface area contributed by atoms with Crippen molar-refractivity contribution >= 4 is 11.8 Å². The summed E-state index contributed by atoms with van der Waals surface area (Å²) in [4.78, 5) is 32.0. The lowest BCUT2D eigenvalue weighted by molar-refractivity contribution is -0.133. The van der Waals surface area contributed by atoms with Gasteiger partial charge in [0.25, 0.3) is 0 Å². The first-order chi connectivity index (χ1) is 15.5. The van der Waals surface area contributed by atoms with Gasteiger partial charge in [0, 0.05) is 44.5 Å². The number of ether oxygens (including phenoxy) is 1. The molecule has 0 spiro atoms. The summed E-state index contributed by atoms with van der Waals surface area (Å²) in [5, 5.41) is 7.45. The Morgan fingerprint density at radius 3 is 2.72 bits per heavy atom. The Bertz CT molecular complexity index is 1080. The van der Waals surface area contributed by atoms with Gasteiger partial charge in [-0.2, -0.15) is 5.10 Å². The molecular weight excluding hydrogens is 406 g/mol. The monoisotopic (exact) mass is 433 g/mol. The predicted octanol–water partition coefficient (Wildman–Crippen LogP) is 2.20. The van der Waals surface area contributed by atoms with Gasteiger partial charge in [0.1, 0.15) is 5.75 Å². The summed E-state index contributed by atoms with van der Waals surface area (Å²) >= 11 is 0. The molecule has 1 aliphatic heterocycles. The van der Waals surface area contributed by atoms with Gasteiger partial charge in [-0.15, -0.1) is 0 Å². The second-order valence-electron chi connectivity index (χ2n) is 7.93. The molecule has 0 bridgehead atoms. The summed E-state index contributed by atoms with van der Waals surface area (Å²) < 4.78 is 6.89. The number of rotatable bonds is 7. The number of methoxy groups -OCH3 is 1. The predicted molar refractivity (Wildman–Crippen MR) is 119 cm³/mol. The Labute approximate surface area is 187 Å². The van der Waals surface area contributed by atoms with Gasteiger partial charge in [0.2, 0.25) is 11.8 Å². The number of benzene rings is 1. The van der Waals surface area contributed by atoms with Crippen LogP contribution in [0.1, 0.15) is 34.9 Å². The van der Waals surface area contributed by atoms with E-state index in [1.54, 1.807) is 22.9 Å². The van der Waals surface area contributed by atoms with Crippen LogP contribution in [0.15, 0.2) is 54.9 Å². The molecule has 2 amide bonds. The number of pyridine rings is 1. The van der Waals surface area contributed by atoms with E-state index in [0.29, 0.717) is 32.5 Å². The van der Waals surface area contributed by atoms with Crippen LogP contribution in [0, 0.1) is 0 Å². The zero-order valence-corrected chi connectivity index (χ0v) is 18.3. The normalized spacial score (nSPS) is 15.2. The van der Waals surface area contributed by atoms with Crippen LogP contribution in [0.2, 0.25) is 0 Å². The highest BCUT2D eigenvalue weighted by atomic mass is 16.5. The molecule has 0 radical (unpaired) electrons. The molecule has 0 aliphatic carbocycles. The number of aromatic nitrogens is 3. The SMILES string of the molecule is COc1ccc(CCC(=O)N2Cc3cn(C)nc3C(C(=O)NCc3ccccn3)C2)cc1. The van der Waals surface area contributed by atoms with Crippen LogP contribution < -0.4 is 10.1 Å². The molecule has 1 unspecified atom stereocenters. The van der Waals surface area contributed by atoms with Gasteiger partial charge in [-0.25, -0.2) is 0 Å². The third-order valence-electron chi connectivity index (χ3n) is 5.66. The van der Waals surface area contributed by atoms with E-state index in [-0.39, 0.29) is 11.8 Å². The van der Waals surface area contributed by atoms with Crippen LogP contribution in [-0.2, 0) is 36.1 Å². The molecule has 1 aliphatic rings. The molecule has 1 atom stereocenters. The first-order valence-electron chi connectivity index (χ1n) is 10.6. The fraction of sp³-hybridized carbons (Fsp3) is 0.333. The van der Waals surface area contributed by atoms with E-state index >= 15 is 0 Å². The van der Waals surface area contributed by atoms with Crippen molar-refractivity contribution in [3.8, 4) is 5.75 Å². The Kier molecular flexibility index (Phi) is 6.49. The summed E-state index contributed by atoms with van der Waals surface area (Å²) in [6, 6.07) is 13.3. The largest absolute Gasteiger partial charge is 0.497 e. The van der Waals surface area contributed by atoms with Gasteiger partial charge in [-0.05, 0) is 36.2 Å². The van der Waals surface area contributed by atoms with Crippen molar-refractivity contribution in [1.82, 2.24) is 25.0 Å². The minimum Gasteiger partial charge on any atom is -0.497 e. The molecule has 3 heterocycles. The zero-order chi connectivity index (χ0) is 22.5. The number of fused-ring (bicyclic) bond motifs is 1. The summed E-state index contributed by atoms with van der Waals surface area (Å²) in [7, 11) is 3.46. The fourth-order valence-electron chi connectivity index (χ4n) is 3.95. The van der Waals surface area contributed by atoms with Crippen LogP contribution in [0.25, 0.3) is 0 Å². The Hall–Kier alpha value is -3.68. The third kappa shape index (κ3) is 4.96. The van der Waals surface area contributed by atoms with Crippen molar-refractivity contribution in [1.29, 1.82) is 0 Å². The highest BCUT2D eigenvalue weighted by molar-refractivity contribution is 5.86. The molecule has 0 saturated carbocycles. The minimum absolute atomic E-state index is 0.0258. The topological polar surface area (TPSA) is 89.4 Å². The van der Waals surface area contributed by atoms with Crippen molar-refractivity contribution in [2.45, 2.75) is 31.8 Å². The van der Waals surface area contributed by atoms with Gasteiger partial charge < -0.3 is 15.0 Å². The standard InChI is InChI=1S/C24H27N5O3/c1-28-14-18-15-29(22(30)11-8-17-6-9-20(32-2)10-7-17)16-21(23(18)27-28)24(31)26-13-19-5-3-4-12-25-19/h3-7,9-10,12,14,21H,8,11,13,15-16H2,1-2H3,(H,26,31). The van der Waals surface area contributed by atoms with Crippen molar-refractivity contribution in [3.05, 3.63) is 77.4 Å². The molecule has 32 heavy (non-hydrogen) atoms. The maximum Gasteiger partial charge on any atom is 0.231 e. The van der Waals surface area contributed by atoms with Gasteiger partial charge in [-0.3, -0.25) is 19.3 Å². The lowest BCUT2D eigenvalue weighted by atomic mass is 9.95. The van der Waals surface area contributed by atoms with E-state index in [9.17, 15) is 9.59 Å². The highest BCUT2D eigenvalue weighted by Gasteiger charge is 2.35. The van der Waals surface area contributed by atoms with Gasteiger partial charge >= 0.3 is 0 Å². The average molecular weight is 434 g/mol. The van der Waals surface area contributed by atoms with E-state index in [1.807, 2.05) is 55.7 Å². The van der Waals surface area contributed by atoms with Crippen molar-refractivity contribution in [2.24, 2.45) is 7.05 Å². The Balaban J connectivity index is 1.42. The van der Waals surface area contributed by atoms with Crippen LogP contribution >= 0.6 is 0 Å². The molecule has 1 aromatic carbocycles. The molecule has 166 valence electrons. The Morgan fingerprint density at radius 2 is 2.00 bits per heavy atom. The molecule has 1 N–H and O–H groups in total. The third-order valence-corrected chi connectivity index (χ3v) is 5.66. The van der Waals surface area contributed by atoms with E-state index in [1.165, 1.54) is 0 Å². The van der Waals surface area contributed by atoms with E-state index in [2.05, 4.69) is 15.4 Å². The number of nitrogens with one attached hydrogen (secondary N) is 1. The first kappa shape index (κ1) is 21.5. The number of carbonyl (C=O) groups excluding carboxylic acids is 2. The summed E-state index contributed by atoms with van der Waals surface area (Å²) in [5.41, 5.74) is 3.51. The van der Waals surface area contributed by atoms with Crippen molar-refractivity contribution in [3.63, 3.8) is 0 Å². The zero-order valence-electron chi connectivity index (χ0n) is 18.3. The molecule has 4 rings (SSSR count). The lowest BCUT2D eigenvalue weighted by Gasteiger charge is -2.31. The lowest BCUT2D eigenvalue weighted by Crippen LogP contribution is -2.43. The maximum absolute atomic E-state index is 13.0. The number of carbonyl (C=O) groups is 2. The maximum atomic E-state index is 13.0. The minimum atomic E-state index is -0.506. The van der Waals surface area contributed by atoms with E-state index in [0.717, 1.165) is 28.3 Å². The molecule has 3 aromatic rings. The summed E-state index contributed by atoms with van der Waals surface area (Å²) in [6.45, 7) is 1.12. The number of hydrogen-bond acceptors (Lipinski definition) is 5. The van der Waals surface area contributed by atoms with Gasteiger partial charge in [-0.1, -0.05) is 18.2 Å². The van der Waals surface area contributed by atoms with E-state index in [4.69, 9.17) is 4.74 Å². The second-order valence-corrected chi connectivity index (χ2v) is 7.93. The van der Waals surface area contributed by atoms with Crippen LogP contribution in [0.3, 0.4) is 0 Å². The quantitative estimate of drug-likeness (QED) is 0.617. The smallest absolute Gasteiger partial charge is 0.231 e. The van der Waals surface area contributed by atoms with Gasteiger partial charge in [0.05, 0.1) is 31.0 Å². The Morgan fingerprint density at radius 1 is 1.19 bits per heavy atom.